The number of unbranched alkanes of at least 4 members (excludes halogenated alkanes) is 6. The molecule has 0 aromatic heterocycles. The van der Waals surface area contributed by atoms with Gasteiger partial charge in [-0.05, 0) is 51.4 Å². The van der Waals surface area contributed by atoms with Crippen molar-refractivity contribution in [2.75, 3.05) is 39.4 Å². The summed E-state index contributed by atoms with van der Waals surface area (Å²) in [5, 5.41) is 0. The Morgan fingerprint density at radius 1 is 0.731 bits per heavy atom. The Balaban J connectivity index is 0. The van der Waals surface area contributed by atoms with Gasteiger partial charge in [-0.25, -0.2) is 0 Å². The fourth-order valence-electron chi connectivity index (χ4n) is 2.60. The summed E-state index contributed by atoms with van der Waals surface area (Å²) in [6, 6.07) is 0. The molecule has 0 heterocycles. The summed E-state index contributed by atoms with van der Waals surface area (Å²) < 4.78 is 11.8. The van der Waals surface area contributed by atoms with Crippen LogP contribution in [0.2, 0.25) is 0 Å². The second-order valence-corrected chi connectivity index (χ2v) is 13.2. The van der Waals surface area contributed by atoms with Gasteiger partial charge in [0.2, 0.25) is 0 Å². The van der Waals surface area contributed by atoms with Gasteiger partial charge in [0.1, 0.15) is 0 Å². The maximum atomic E-state index is 5.89. The molecular formula is C22H46ClO2P. The van der Waals surface area contributed by atoms with E-state index in [1.54, 1.807) is 0 Å². The first-order valence-corrected chi connectivity index (χ1v) is 14.0. The summed E-state index contributed by atoms with van der Waals surface area (Å²) >= 11 is 0. The van der Waals surface area contributed by atoms with Gasteiger partial charge in [-0.1, -0.05) is 45.3 Å². The van der Waals surface area contributed by atoms with Crippen molar-refractivity contribution in [3.63, 3.8) is 0 Å². The van der Waals surface area contributed by atoms with Crippen LogP contribution in [0.25, 0.3) is 0 Å². The number of ether oxygens (including phenoxy) is 2. The Morgan fingerprint density at radius 3 is 1.77 bits per heavy atom. The Hall–Kier alpha value is 0.380. The van der Waals surface area contributed by atoms with Crippen molar-refractivity contribution in [2.45, 2.75) is 90.8 Å². The number of halogens is 1. The quantitative estimate of drug-likeness (QED) is 0.147. The van der Waals surface area contributed by atoms with E-state index in [1.807, 2.05) is 0 Å². The maximum absolute atomic E-state index is 5.89. The predicted molar refractivity (Wildman–Crippen MR) is 117 cm³/mol. The van der Waals surface area contributed by atoms with Crippen LogP contribution in [-0.2, 0) is 9.47 Å². The fraction of sp³-hybridized carbons (Fsp3) is 0.909. The molecule has 0 aliphatic rings. The highest BCUT2D eigenvalue weighted by atomic mass is 35.5. The molecular weight excluding hydrogens is 363 g/mol. The molecule has 0 spiro atoms. The first-order valence-electron chi connectivity index (χ1n) is 10.7. The van der Waals surface area contributed by atoms with Crippen LogP contribution in [0, 0.1) is 0 Å². The van der Waals surface area contributed by atoms with Crippen LogP contribution in [0.15, 0.2) is 12.2 Å². The van der Waals surface area contributed by atoms with Gasteiger partial charge in [-0.2, -0.15) is 0 Å². The van der Waals surface area contributed by atoms with Crippen LogP contribution >= 0.6 is 7.26 Å². The van der Waals surface area contributed by atoms with Crippen LogP contribution in [0.5, 0.6) is 0 Å². The van der Waals surface area contributed by atoms with Crippen molar-refractivity contribution in [1.82, 2.24) is 0 Å². The molecule has 0 rings (SSSR count). The molecule has 0 bridgehead atoms. The molecule has 158 valence electrons. The SMILES string of the molecule is CCCCOC(CCCCC/C=C/CCC[P+](C)(C)C)OCCCC.[Cl-]. The van der Waals surface area contributed by atoms with E-state index in [-0.39, 0.29) is 18.7 Å². The lowest BCUT2D eigenvalue weighted by Crippen LogP contribution is -3.00. The number of rotatable bonds is 18. The molecule has 0 saturated carbocycles. The molecule has 0 aromatic carbocycles. The van der Waals surface area contributed by atoms with Crippen molar-refractivity contribution in [3.05, 3.63) is 12.2 Å². The summed E-state index contributed by atoms with van der Waals surface area (Å²) in [5.41, 5.74) is 0. The van der Waals surface area contributed by atoms with Crippen LogP contribution in [0.4, 0.5) is 0 Å². The van der Waals surface area contributed by atoms with E-state index in [1.165, 1.54) is 57.5 Å². The van der Waals surface area contributed by atoms with E-state index >= 15 is 0 Å². The van der Waals surface area contributed by atoms with Gasteiger partial charge < -0.3 is 21.9 Å². The fourth-order valence-corrected chi connectivity index (χ4v) is 3.73. The lowest BCUT2D eigenvalue weighted by Gasteiger charge is -2.18. The molecule has 0 aliphatic heterocycles. The van der Waals surface area contributed by atoms with Crippen LogP contribution in [0.3, 0.4) is 0 Å². The van der Waals surface area contributed by atoms with Crippen molar-refractivity contribution in [3.8, 4) is 0 Å². The molecule has 4 heteroatoms. The zero-order valence-electron chi connectivity index (χ0n) is 18.3. The van der Waals surface area contributed by atoms with E-state index in [2.05, 4.69) is 46.0 Å². The monoisotopic (exact) mass is 408 g/mol. The Kier molecular flexibility index (Phi) is 22.1. The summed E-state index contributed by atoms with van der Waals surface area (Å²) in [6.45, 7) is 13.4. The van der Waals surface area contributed by atoms with Gasteiger partial charge in [-0.15, -0.1) is 0 Å². The van der Waals surface area contributed by atoms with Crippen LogP contribution in [-0.4, -0.2) is 45.7 Å². The third kappa shape index (κ3) is 22.4. The molecule has 0 saturated heterocycles. The number of hydrogen-bond acceptors (Lipinski definition) is 2. The molecule has 0 aromatic rings. The number of allylic oxidation sites excluding steroid dienone is 2. The molecule has 26 heavy (non-hydrogen) atoms. The lowest BCUT2D eigenvalue weighted by atomic mass is 10.1. The molecule has 0 unspecified atom stereocenters. The first-order chi connectivity index (χ1) is 12.0. The zero-order chi connectivity index (χ0) is 18.8. The zero-order valence-corrected chi connectivity index (χ0v) is 19.9. The standard InChI is InChI=1S/C22H46O2P.ClH/c1-6-8-19-23-22(24-20-9-7-2)18-16-14-12-10-11-13-15-17-21-25(3,4)5;/h11,13,22H,6-10,12,14-21H2,1-5H3;1H/q+1;/p-1/b13-11+;. The van der Waals surface area contributed by atoms with Gasteiger partial charge in [0.15, 0.2) is 6.29 Å². The van der Waals surface area contributed by atoms with E-state index in [0.29, 0.717) is 0 Å². The van der Waals surface area contributed by atoms with Crippen LogP contribution in [0.1, 0.15) is 84.5 Å². The highest BCUT2D eigenvalue weighted by Gasteiger charge is 2.14. The lowest BCUT2D eigenvalue weighted by molar-refractivity contribution is -0.147. The average Bonchev–Trinajstić information content (AvgIpc) is 2.55. The van der Waals surface area contributed by atoms with Crippen molar-refractivity contribution >= 4 is 7.26 Å². The normalized spacial score (nSPS) is 12.1. The highest BCUT2D eigenvalue weighted by Crippen LogP contribution is 2.47. The van der Waals surface area contributed by atoms with Gasteiger partial charge in [-0.3, -0.25) is 0 Å². The Bertz CT molecular complexity index is 293. The summed E-state index contributed by atoms with van der Waals surface area (Å²) in [6.07, 6.45) is 19.5. The molecule has 0 atom stereocenters. The summed E-state index contributed by atoms with van der Waals surface area (Å²) in [7, 11) is -0.574. The van der Waals surface area contributed by atoms with Gasteiger partial charge in [0.05, 0.1) is 6.16 Å². The topological polar surface area (TPSA) is 18.5 Å². The van der Waals surface area contributed by atoms with E-state index < -0.39 is 7.26 Å². The predicted octanol–water partition coefficient (Wildman–Crippen LogP) is 4.14. The van der Waals surface area contributed by atoms with E-state index in [4.69, 9.17) is 9.47 Å². The van der Waals surface area contributed by atoms with Crippen LogP contribution < -0.4 is 12.4 Å². The molecule has 0 N–H and O–H groups in total. The minimum atomic E-state index is -0.574. The van der Waals surface area contributed by atoms with Crippen molar-refractivity contribution in [1.29, 1.82) is 0 Å². The maximum Gasteiger partial charge on any atom is 0.157 e. The van der Waals surface area contributed by atoms with E-state index in [9.17, 15) is 0 Å². The third-order valence-corrected chi connectivity index (χ3v) is 5.94. The molecule has 0 radical (unpaired) electrons. The van der Waals surface area contributed by atoms with Gasteiger partial charge >= 0.3 is 0 Å². The molecule has 0 amide bonds. The Labute approximate surface area is 171 Å². The highest BCUT2D eigenvalue weighted by molar-refractivity contribution is 7.73. The van der Waals surface area contributed by atoms with Crippen molar-refractivity contribution < 1.29 is 21.9 Å². The molecule has 0 fully saturated rings. The Morgan fingerprint density at radius 2 is 1.27 bits per heavy atom. The van der Waals surface area contributed by atoms with Gasteiger partial charge in [0, 0.05) is 40.5 Å². The second-order valence-electron chi connectivity index (χ2n) is 8.14. The largest absolute Gasteiger partial charge is 1.00 e. The van der Waals surface area contributed by atoms with E-state index in [0.717, 1.165) is 32.5 Å². The molecule has 0 aliphatic carbocycles. The summed E-state index contributed by atoms with van der Waals surface area (Å²) in [4.78, 5) is 0. The number of hydrogen-bond donors (Lipinski definition) is 0. The van der Waals surface area contributed by atoms with Gasteiger partial charge in [0.25, 0.3) is 0 Å². The minimum Gasteiger partial charge on any atom is -1.00 e. The second kappa shape index (κ2) is 20.1. The first kappa shape index (κ1) is 28.6. The average molecular weight is 409 g/mol. The smallest absolute Gasteiger partial charge is 0.157 e. The summed E-state index contributed by atoms with van der Waals surface area (Å²) in [5.74, 6) is 0. The molecule has 2 nitrogen and oxygen atoms in total. The minimum absolute atomic E-state index is 0. The third-order valence-electron chi connectivity index (χ3n) is 4.28. The van der Waals surface area contributed by atoms with Crippen molar-refractivity contribution in [2.24, 2.45) is 0 Å².